The second-order valence-electron chi connectivity index (χ2n) is 3.95. The maximum Gasteiger partial charge on any atom is 0.0593 e. The summed E-state index contributed by atoms with van der Waals surface area (Å²) < 4.78 is 5.35. The summed E-state index contributed by atoms with van der Waals surface area (Å²) in [5.74, 6) is 0. The van der Waals surface area contributed by atoms with Crippen molar-refractivity contribution in [2.45, 2.75) is 45.3 Å². The molecule has 3 heteroatoms. The predicted octanol–water partition coefficient (Wildman–Crippen LogP) is 1.26. The molecule has 1 saturated carbocycles. The van der Waals surface area contributed by atoms with E-state index in [1.54, 1.807) is 0 Å². The van der Waals surface area contributed by atoms with Crippen LogP contribution in [-0.4, -0.2) is 48.5 Å². The van der Waals surface area contributed by atoms with E-state index < -0.39 is 0 Å². The van der Waals surface area contributed by atoms with Crippen LogP contribution in [0.5, 0.6) is 0 Å². The highest BCUT2D eigenvalue weighted by Gasteiger charge is 2.26. The van der Waals surface area contributed by atoms with Crippen LogP contribution in [0.25, 0.3) is 0 Å². The molecule has 0 aromatic rings. The Bertz CT molecular complexity index is 152. The SMILES string of the molecule is CCOCCN(CC)C1CCC(O)C1. The molecule has 0 amide bonds. The molecule has 0 aromatic carbocycles. The van der Waals surface area contributed by atoms with Crippen molar-refractivity contribution in [3.63, 3.8) is 0 Å². The summed E-state index contributed by atoms with van der Waals surface area (Å²) in [7, 11) is 0. The molecule has 14 heavy (non-hydrogen) atoms. The minimum Gasteiger partial charge on any atom is -0.393 e. The summed E-state index contributed by atoms with van der Waals surface area (Å²) in [6, 6.07) is 0.579. The molecule has 3 nitrogen and oxygen atoms in total. The van der Waals surface area contributed by atoms with E-state index in [9.17, 15) is 5.11 Å². The summed E-state index contributed by atoms with van der Waals surface area (Å²) in [6.45, 7) is 7.88. The molecule has 1 aliphatic rings. The lowest BCUT2D eigenvalue weighted by molar-refractivity contribution is 0.0920. The maximum atomic E-state index is 9.46. The van der Waals surface area contributed by atoms with E-state index in [2.05, 4.69) is 11.8 Å². The minimum absolute atomic E-state index is 0.0684. The number of rotatable bonds is 6. The van der Waals surface area contributed by atoms with E-state index >= 15 is 0 Å². The Kier molecular flexibility index (Phi) is 5.45. The molecule has 2 atom stereocenters. The first-order chi connectivity index (χ1) is 6.77. The Morgan fingerprint density at radius 2 is 2.14 bits per heavy atom. The molecule has 0 saturated heterocycles. The van der Waals surface area contributed by atoms with Gasteiger partial charge in [-0.25, -0.2) is 0 Å². The summed E-state index contributed by atoms with van der Waals surface area (Å²) in [6.07, 6.45) is 2.98. The summed E-state index contributed by atoms with van der Waals surface area (Å²) in [5.41, 5.74) is 0. The van der Waals surface area contributed by atoms with Gasteiger partial charge in [0.15, 0.2) is 0 Å². The van der Waals surface area contributed by atoms with Gasteiger partial charge in [-0.2, -0.15) is 0 Å². The standard InChI is InChI=1S/C11H23NO2/c1-3-12(7-8-14-4-2)10-5-6-11(13)9-10/h10-11,13H,3-9H2,1-2H3. The molecule has 84 valence electrons. The van der Waals surface area contributed by atoms with E-state index in [4.69, 9.17) is 4.74 Å². The van der Waals surface area contributed by atoms with E-state index in [1.165, 1.54) is 0 Å². The Hall–Kier alpha value is -0.120. The van der Waals surface area contributed by atoms with Crippen LogP contribution in [0.15, 0.2) is 0 Å². The number of likely N-dealkylation sites (N-methyl/N-ethyl adjacent to an activating group) is 1. The monoisotopic (exact) mass is 201 g/mol. The van der Waals surface area contributed by atoms with Crippen molar-refractivity contribution in [2.75, 3.05) is 26.3 Å². The molecule has 2 unspecified atom stereocenters. The smallest absolute Gasteiger partial charge is 0.0593 e. The van der Waals surface area contributed by atoms with Crippen LogP contribution in [0.1, 0.15) is 33.1 Å². The number of aliphatic hydroxyl groups is 1. The van der Waals surface area contributed by atoms with E-state index in [0.717, 1.165) is 45.6 Å². The van der Waals surface area contributed by atoms with Crippen LogP contribution >= 0.6 is 0 Å². The van der Waals surface area contributed by atoms with Crippen molar-refractivity contribution in [3.8, 4) is 0 Å². The average Bonchev–Trinajstić information content (AvgIpc) is 2.60. The zero-order valence-electron chi connectivity index (χ0n) is 9.41. The van der Waals surface area contributed by atoms with Crippen LogP contribution in [0.3, 0.4) is 0 Å². The fraction of sp³-hybridized carbons (Fsp3) is 1.00. The first kappa shape index (κ1) is 12.0. The van der Waals surface area contributed by atoms with Crippen LogP contribution in [-0.2, 0) is 4.74 Å². The molecule has 1 N–H and O–H groups in total. The highest BCUT2D eigenvalue weighted by molar-refractivity contribution is 4.82. The quantitative estimate of drug-likeness (QED) is 0.657. The second-order valence-corrected chi connectivity index (χ2v) is 3.95. The lowest BCUT2D eigenvalue weighted by Gasteiger charge is -2.27. The van der Waals surface area contributed by atoms with Crippen LogP contribution in [0.4, 0.5) is 0 Å². The molecule has 0 heterocycles. The normalized spacial score (nSPS) is 27.4. The zero-order chi connectivity index (χ0) is 10.4. The van der Waals surface area contributed by atoms with Crippen LogP contribution < -0.4 is 0 Å². The Labute approximate surface area is 87.1 Å². The van der Waals surface area contributed by atoms with Gasteiger partial charge in [-0.3, -0.25) is 4.90 Å². The van der Waals surface area contributed by atoms with Gasteiger partial charge < -0.3 is 9.84 Å². The number of ether oxygens (including phenoxy) is 1. The molecule has 1 fully saturated rings. The van der Waals surface area contributed by atoms with Gasteiger partial charge in [-0.05, 0) is 32.7 Å². The fourth-order valence-electron chi connectivity index (χ4n) is 2.19. The summed E-state index contributed by atoms with van der Waals surface area (Å²) in [5, 5.41) is 9.46. The lowest BCUT2D eigenvalue weighted by Crippen LogP contribution is -2.36. The molecule has 1 aliphatic carbocycles. The minimum atomic E-state index is -0.0684. The molecule has 0 radical (unpaired) electrons. The highest BCUT2D eigenvalue weighted by atomic mass is 16.5. The average molecular weight is 201 g/mol. The van der Waals surface area contributed by atoms with Gasteiger partial charge in [0.05, 0.1) is 12.7 Å². The number of aliphatic hydroxyl groups excluding tert-OH is 1. The molecular formula is C11H23NO2. The van der Waals surface area contributed by atoms with E-state index in [-0.39, 0.29) is 6.10 Å². The third-order valence-corrected chi connectivity index (χ3v) is 3.03. The zero-order valence-corrected chi connectivity index (χ0v) is 9.41. The van der Waals surface area contributed by atoms with Crippen molar-refractivity contribution in [2.24, 2.45) is 0 Å². The fourth-order valence-corrected chi connectivity index (χ4v) is 2.19. The molecule has 0 bridgehead atoms. The van der Waals surface area contributed by atoms with Crippen LogP contribution in [0.2, 0.25) is 0 Å². The number of hydrogen-bond acceptors (Lipinski definition) is 3. The van der Waals surface area contributed by atoms with Crippen molar-refractivity contribution >= 4 is 0 Å². The van der Waals surface area contributed by atoms with Crippen molar-refractivity contribution < 1.29 is 9.84 Å². The molecule has 0 aliphatic heterocycles. The largest absolute Gasteiger partial charge is 0.393 e. The lowest BCUT2D eigenvalue weighted by atomic mass is 10.2. The van der Waals surface area contributed by atoms with Gasteiger partial charge in [0.1, 0.15) is 0 Å². The van der Waals surface area contributed by atoms with E-state index in [1.807, 2.05) is 6.92 Å². The predicted molar refractivity (Wildman–Crippen MR) is 57.4 cm³/mol. The summed E-state index contributed by atoms with van der Waals surface area (Å²) >= 11 is 0. The molecule has 1 rings (SSSR count). The third-order valence-electron chi connectivity index (χ3n) is 3.03. The maximum absolute atomic E-state index is 9.46. The highest BCUT2D eigenvalue weighted by Crippen LogP contribution is 2.23. The van der Waals surface area contributed by atoms with Gasteiger partial charge in [0, 0.05) is 19.2 Å². The van der Waals surface area contributed by atoms with Gasteiger partial charge >= 0.3 is 0 Å². The molecular weight excluding hydrogens is 178 g/mol. The van der Waals surface area contributed by atoms with Crippen molar-refractivity contribution in [1.29, 1.82) is 0 Å². The van der Waals surface area contributed by atoms with Gasteiger partial charge in [-0.1, -0.05) is 6.92 Å². The topological polar surface area (TPSA) is 32.7 Å². The van der Waals surface area contributed by atoms with E-state index in [0.29, 0.717) is 6.04 Å². The molecule has 0 aromatic heterocycles. The van der Waals surface area contributed by atoms with Crippen LogP contribution in [0, 0.1) is 0 Å². The third kappa shape index (κ3) is 3.56. The Balaban J connectivity index is 2.23. The molecule has 0 spiro atoms. The van der Waals surface area contributed by atoms with Gasteiger partial charge in [-0.15, -0.1) is 0 Å². The van der Waals surface area contributed by atoms with Gasteiger partial charge in [0.2, 0.25) is 0 Å². The first-order valence-corrected chi connectivity index (χ1v) is 5.77. The summed E-state index contributed by atoms with van der Waals surface area (Å²) in [4.78, 5) is 2.42. The second kappa shape index (κ2) is 6.38. The Morgan fingerprint density at radius 1 is 1.36 bits per heavy atom. The number of nitrogens with zero attached hydrogens (tertiary/aromatic N) is 1. The first-order valence-electron chi connectivity index (χ1n) is 5.77. The number of hydrogen-bond donors (Lipinski definition) is 1. The van der Waals surface area contributed by atoms with Gasteiger partial charge in [0.25, 0.3) is 0 Å². The van der Waals surface area contributed by atoms with Crippen molar-refractivity contribution in [3.05, 3.63) is 0 Å². The Morgan fingerprint density at radius 3 is 2.64 bits per heavy atom. The van der Waals surface area contributed by atoms with Crippen molar-refractivity contribution in [1.82, 2.24) is 4.90 Å².